The number of hydrogen-bond acceptors (Lipinski definition) is 3. The standard InChI is InChI=1S/C11H7ClN2O2S/c12-17(15,16)7-1-2-10-9(5-7)8-3-4-13-6-11(8)14-10/h1-6,14H. The van der Waals surface area contributed by atoms with Crippen molar-refractivity contribution in [3.63, 3.8) is 0 Å². The maximum absolute atomic E-state index is 11.3. The number of halogens is 1. The Bertz CT molecular complexity index is 824. The van der Waals surface area contributed by atoms with Crippen molar-refractivity contribution in [3.05, 3.63) is 36.7 Å². The zero-order chi connectivity index (χ0) is 12.0. The first kappa shape index (κ1) is 10.6. The Balaban J connectivity index is 2.46. The third-order valence-corrected chi connectivity index (χ3v) is 4.00. The minimum atomic E-state index is -3.70. The summed E-state index contributed by atoms with van der Waals surface area (Å²) in [6.45, 7) is 0. The zero-order valence-electron chi connectivity index (χ0n) is 8.51. The summed E-state index contributed by atoms with van der Waals surface area (Å²) in [5.74, 6) is 0. The molecular formula is C11H7ClN2O2S. The quantitative estimate of drug-likeness (QED) is 0.689. The van der Waals surface area contributed by atoms with Gasteiger partial charge in [-0.25, -0.2) is 8.42 Å². The normalized spacial score (nSPS) is 12.3. The van der Waals surface area contributed by atoms with Crippen molar-refractivity contribution in [3.8, 4) is 0 Å². The summed E-state index contributed by atoms with van der Waals surface area (Å²) in [6.07, 6.45) is 3.36. The Morgan fingerprint density at radius 3 is 2.71 bits per heavy atom. The molecule has 0 unspecified atom stereocenters. The van der Waals surface area contributed by atoms with Gasteiger partial charge in [0, 0.05) is 33.2 Å². The molecule has 0 spiro atoms. The van der Waals surface area contributed by atoms with E-state index in [2.05, 4.69) is 9.97 Å². The van der Waals surface area contributed by atoms with Crippen LogP contribution in [0.3, 0.4) is 0 Å². The number of nitrogens with zero attached hydrogens (tertiary/aromatic N) is 1. The summed E-state index contributed by atoms with van der Waals surface area (Å²) in [5.41, 5.74) is 1.73. The fourth-order valence-electron chi connectivity index (χ4n) is 1.88. The van der Waals surface area contributed by atoms with Gasteiger partial charge in [0.2, 0.25) is 0 Å². The molecule has 0 atom stereocenters. The summed E-state index contributed by atoms with van der Waals surface area (Å²) in [7, 11) is 1.63. The average molecular weight is 267 g/mol. The van der Waals surface area contributed by atoms with Crippen LogP contribution < -0.4 is 0 Å². The van der Waals surface area contributed by atoms with Gasteiger partial charge in [0.25, 0.3) is 9.05 Å². The summed E-state index contributed by atoms with van der Waals surface area (Å²) >= 11 is 0. The van der Waals surface area contributed by atoms with Crippen LogP contribution >= 0.6 is 10.7 Å². The van der Waals surface area contributed by atoms with Crippen LogP contribution in [0.4, 0.5) is 0 Å². The fourth-order valence-corrected chi connectivity index (χ4v) is 2.66. The van der Waals surface area contributed by atoms with Crippen molar-refractivity contribution in [1.82, 2.24) is 9.97 Å². The predicted molar refractivity (Wildman–Crippen MR) is 66.6 cm³/mol. The van der Waals surface area contributed by atoms with E-state index >= 15 is 0 Å². The smallest absolute Gasteiger partial charge is 0.261 e. The molecule has 2 heterocycles. The van der Waals surface area contributed by atoms with Gasteiger partial charge in [-0.3, -0.25) is 4.98 Å². The Morgan fingerprint density at radius 1 is 1.12 bits per heavy atom. The van der Waals surface area contributed by atoms with E-state index < -0.39 is 9.05 Å². The maximum atomic E-state index is 11.3. The van der Waals surface area contributed by atoms with Gasteiger partial charge >= 0.3 is 0 Å². The lowest BCUT2D eigenvalue weighted by atomic mass is 10.2. The minimum Gasteiger partial charge on any atom is -0.353 e. The summed E-state index contributed by atoms with van der Waals surface area (Å²) in [4.78, 5) is 7.26. The van der Waals surface area contributed by atoms with Gasteiger partial charge in [0.1, 0.15) is 0 Å². The molecule has 0 fully saturated rings. The van der Waals surface area contributed by atoms with Gasteiger partial charge in [-0.05, 0) is 24.3 Å². The highest BCUT2D eigenvalue weighted by atomic mass is 35.7. The lowest BCUT2D eigenvalue weighted by Crippen LogP contribution is -1.89. The first-order chi connectivity index (χ1) is 8.05. The van der Waals surface area contributed by atoms with Crippen LogP contribution in [0.15, 0.2) is 41.6 Å². The molecule has 4 nitrogen and oxygen atoms in total. The van der Waals surface area contributed by atoms with E-state index in [0.29, 0.717) is 0 Å². The fraction of sp³-hybridized carbons (Fsp3) is 0. The summed E-state index contributed by atoms with van der Waals surface area (Å²) < 4.78 is 22.6. The number of benzene rings is 1. The Labute approximate surface area is 102 Å². The van der Waals surface area contributed by atoms with Crippen molar-refractivity contribution in [2.24, 2.45) is 0 Å². The van der Waals surface area contributed by atoms with Gasteiger partial charge in [-0.15, -0.1) is 0 Å². The molecule has 0 aliphatic heterocycles. The number of pyridine rings is 1. The highest BCUT2D eigenvalue weighted by Crippen LogP contribution is 2.27. The second-order valence-corrected chi connectivity index (χ2v) is 6.26. The van der Waals surface area contributed by atoms with Gasteiger partial charge in [-0.2, -0.15) is 0 Å². The van der Waals surface area contributed by atoms with Crippen molar-refractivity contribution >= 4 is 41.5 Å². The molecule has 2 aromatic heterocycles. The van der Waals surface area contributed by atoms with Gasteiger partial charge < -0.3 is 4.98 Å². The molecule has 1 aromatic carbocycles. The molecule has 0 aliphatic rings. The van der Waals surface area contributed by atoms with Gasteiger partial charge in [0.15, 0.2) is 0 Å². The molecule has 3 aromatic rings. The van der Waals surface area contributed by atoms with Crippen LogP contribution in [0.25, 0.3) is 21.8 Å². The number of fused-ring (bicyclic) bond motifs is 3. The van der Waals surface area contributed by atoms with Gasteiger partial charge in [0.05, 0.1) is 16.6 Å². The minimum absolute atomic E-state index is 0.101. The largest absolute Gasteiger partial charge is 0.353 e. The first-order valence-electron chi connectivity index (χ1n) is 4.86. The van der Waals surface area contributed by atoms with Crippen LogP contribution in [0.1, 0.15) is 0 Å². The Kier molecular flexibility index (Phi) is 2.14. The Morgan fingerprint density at radius 2 is 1.94 bits per heavy atom. The van der Waals surface area contributed by atoms with E-state index in [1.165, 1.54) is 6.07 Å². The highest BCUT2D eigenvalue weighted by Gasteiger charge is 2.12. The number of H-pyrrole nitrogens is 1. The van der Waals surface area contributed by atoms with E-state index in [0.717, 1.165) is 21.8 Å². The Hall–Kier alpha value is -1.59. The molecule has 86 valence electrons. The van der Waals surface area contributed by atoms with E-state index in [4.69, 9.17) is 10.7 Å². The second kappa shape index (κ2) is 3.45. The molecule has 0 aliphatic carbocycles. The molecule has 0 saturated carbocycles. The highest BCUT2D eigenvalue weighted by molar-refractivity contribution is 8.13. The molecule has 0 radical (unpaired) electrons. The van der Waals surface area contributed by atoms with Crippen LogP contribution in [0.2, 0.25) is 0 Å². The van der Waals surface area contributed by atoms with Crippen LogP contribution in [-0.2, 0) is 9.05 Å². The number of nitrogens with one attached hydrogen (secondary N) is 1. The summed E-state index contributed by atoms with van der Waals surface area (Å²) in [5, 5.41) is 1.75. The van der Waals surface area contributed by atoms with Crippen molar-refractivity contribution < 1.29 is 8.42 Å². The third kappa shape index (κ3) is 1.67. The SMILES string of the molecule is O=S(=O)(Cl)c1ccc2[nH]c3cnccc3c2c1. The molecule has 0 bridgehead atoms. The van der Waals surface area contributed by atoms with Crippen molar-refractivity contribution in [2.45, 2.75) is 4.90 Å². The van der Waals surface area contributed by atoms with E-state index in [9.17, 15) is 8.42 Å². The molecule has 1 N–H and O–H groups in total. The van der Waals surface area contributed by atoms with Crippen LogP contribution in [-0.4, -0.2) is 18.4 Å². The van der Waals surface area contributed by atoms with Crippen LogP contribution in [0.5, 0.6) is 0 Å². The van der Waals surface area contributed by atoms with E-state index in [1.54, 1.807) is 24.5 Å². The predicted octanol–water partition coefficient (Wildman–Crippen LogP) is 2.64. The molecule has 0 saturated heterocycles. The monoisotopic (exact) mass is 266 g/mol. The number of hydrogen-bond donors (Lipinski definition) is 1. The second-order valence-electron chi connectivity index (χ2n) is 3.69. The molecular weight excluding hydrogens is 260 g/mol. The summed E-state index contributed by atoms with van der Waals surface area (Å²) in [6, 6.07) is 6.58. The topological polar surface area (TPSA) is 62.8 Å². The third-order valence-electron chi connectivity index (χ3n) is 2.65. The lowest BCUT2D eigenvalue weighted by molar-refractivity contribution is 0.609. The average Bonchev–Trinajstić information content (AvgIpc) is 2.65. The number of aromatic nitrogens is 2. The molecule has 0 amide bonds. The van der Waals surface area contributed by atoms with Crippen molar-refractivity contribution in [2.75, 3.05) is 0 Å². The van der Waals surface area contributed by atoms with Gasteiger partial charge in [-0.1, -0.05) is 0 Å². The number of rotatable bonds is 1. The molecule has 3 rings (SSSR count). The zero-order valence-corrected chi connectivity index (χ0v) is 10.1. The number of aromatic amines is 1. The molecule has 17 heavy (non-hydrogen) atoms. The van der Waals surface area contributed by atoms with Crippen molar-refractivity contribution in [1.29, 1.82) is 0 Å². The maximum Gasteiger partial charge on any atom is 0.261 e. The lowest BCUT2D eigenvalue weighted by Gasteiger charge is -1.96. The van der Waals surface area contributed by atoms with E-state index in [1.807, 2.05) is 6.07 Å². The molecule has 6 heteroatoms. The van der Waals surface area contributed by atoms with E-state index in [-0.39, 0.29) is 4.90 Å². The first-order valence-corrected chi connectivity index (χ1v) is 7.17. The van der Waals surface area contributed by atoms with Crippen LogP contribution in [0, 0.1) is 0 Å².